The second kappa shape index (κ2) is 24.7. The van der Waals surface area contributed by atoms with Gasteiger partial charge in [-0.1, -0.05) is 6.07 Å². The summed E-state index contributed by atoms with van der Waals surface area (Å²) in [5.41, 5.74) is 1.89. The number of halogens is 1. The van der Waals surface area contributed by atoms with Crippen LogP contribution in [0.1, 0.15) is 15.9 Å². The molecule has 0 aliphatic heterocycles. The van der Waals surface area contributed by atoms with Gasteiger partial charge in [0.05, 0.1) is 44.8 Å². The number of aromatic hydroxyl groups is 1. The van der Waals surface area contributed by atoms with Gasteiger partial charge in [-0.05, 0) is 48.5 Å². The Hall–Kier alpha value is -0.281. The number of hydrogen-bond donors (Lipinski definition) is 2. The summed E-state index contributed by atoms with van der Waals surface area (Å²) in [5, 5.41) is 44.7. The first kappa shape index (κ1) is 56.8. The third kappa shape index (κ3) is 17.5. The van der Waals surface area contributed by atoms with Gasteiger partial charge in [0.1, 0.15) is 15.8 Å². The summed E-state index contributed by atoms with van der Waals surface area (Å²) in [6.07, 6.45) is 0. The predicted molar refractivity (Wildman–Crippen MR) is 168 cm³/mol. The third-order valence-electron chi connectivity index (χ3n) is 5.92. The van der Waals surface area contributed by atoms with Gasteiger partial charge < -0.3 is 35.1 Å². The Labute approximate surface area is 400 Å². The van der Waals surface area contributed by atoms with Crippen LogP contribution in [-0.4, -0.2) is 88.8 Å². The van der Waals surface area contributed by atoms with Gasteiger partial charge in [-0.25, -0.2) is 38.5 Å². The molecule has 0 heterocycles. The van der Waals surface area contributed by atoms with Crippen molar-refractivity contribution in [2.24, 2.45) is 15.3 Å². The molecule has 55 heavy (non-hydrogen) atoms. The molecule has 2 N–H and O–H groups in total. The molecule has 0 saturated heterocycles. The largest absolute Gasteiger partial charge is 1.00 e. The maximum absolute atomic E-state index is 12.8. The number of nitrogens with zero attached hydrogens (tertiary/aromatic N) is 4. The molecule has 0 aliphatic rings. The van der Waals surface area contributed by atoms with E-state index in [1.165, 1.54) is 6.07 Å². The molecular formula is C24H19ClCuN4Na3O17S5. The van der Waals surface area contributed by atoms with Crippen molar-refractivity contribution in [2.75, 3.05) is 24.0 Å². The molecule has 0 atom stereocenters. The Morgan fingerprint density at radius 2 is 1.47 bits per heavy atom. The fourth-order valence-electron chi connectivity index (χ4n) is 3.63. The average Bonchev–Trinajstić information content (AvgIpc) is 3.03. The normalized spacial score (nSPS) is 12.1. The number of alkyl halides is 1. The summed E-state index contributed by atoms with van der Waals surface area (Å²) in [7, 11) is -19.5. The van der Waals surface area contributed by atoms with Crippen molar-refractivity contribution in [3.63, 3.8) is 0 Å². The molecule has 31 heteroatoms. The molecule has 0 fully saturated rings. The predicted octanol–water partition coefficient (Wildman–Crippen LogP) is -7.35. The minimum absolute atomic E-state index is 0. The molecule has 0 aliphatic carbocycles. The van der Waals surface area contributed by atoms with Crippen LogP contribution in [0.25, 0.3) is 5.43 Å². The number of benzene rings is 3. The number of carboxylic acids is 1. The number of phenolic OH excluding ortho intramolecular Hbond substituents is 1. The second-order valence-electron chi connectivity index (χ2n) is 9.25. The van der Waals surface area contributed by atoms with E-state index in [-0.39, 0.29) is 139 Å². The maximum atomic E-state index is 12.8. The summed E-state index contributed by atoms with van der Waals surface area (Å²) in [5.74, 6) is -5.40. The zero-order valence-electron chi connectivity index (χ0n) is 28.1. The first-order valence-electron chi connectivity index (χ1n) is 12.9. The molecule has 0 aromatic heterocycles. The van der Waals surface area contributed by atoms with Gasteiger partial charge in [0.2, 0.25) is 10.4 Å². The van der Waals surface area contributed by atoms with E-state index in [0.717, 1.165) is 36.4 Å². The van der Waals surface area contributed by atoms with Crippen molar-refractivity contribution in [3.05, 3.63) is 71.1 Å². The SMILES string of the molecule is O=C(O)c1ccc(SOO[O-])cc1[N-]/N=C(\N=Nc1cc(S(=O)(=O)CCOS(=O)(=O)[O-])cc(S(=O)(=O)[O-])c1O)c1ccc(S(=O)(=O)CCCl)cc1.[Cu+].[Na+].[Na+].[Na+]. The number of aromatic carboxylic acids is 1. The molecule has 0 unspecified atom stereocenters. The van der Waals surface area contributed by atoms with Crippen molar-refractivity contribution >= 4 is 87.0 Å². The summed E-state index contributed by atoms with van der Waals surface area (Å²) in [6.45, 7) is -1.21. The van der Waals surface area contributed by atoms with Gasteiger partial charge in [0.25, 0.3) is 0 Å². The van der Waals surface area contributed by atoms with Crippen LogP contribution in [0.5, 0.6) is 5.75 Å². The van der Waals surface area contributed by atoms with E-state index >= 15 is 0 Å². The maximum Gasteiger partial charge on any atom is 1.00 e. The minimum Gasteiger partial charge on any atom is -0.744 e. The zero-order chi connectivity index (χ0) is 38.2. The summed E-state index contributed by atoms with van der Waals surface area (Å²) >= 11 is 5.92. The van der Waals surface area contributed by atoms with Crippen molar-refractivity contribution in [1.29, 1.82) is 0 Å². The molecule has 0 bridgehead atoms. The fraction of sp³-hybridized carbons (Fsp3) is 0.167. The molecular weight excluding hydrogens is 945 g/mol. The standard InChI is InChI=1S/C24H23ClN4O17S5.Cu.3Na/c25-7-9-48(34,35)16-4-1-14(2-5-16)23(28-26-19-11-15(47-46-45-33)3-6-18(19)24(31)32)29-27-20-12-17(13-21(22(20)30)50(38,39)40)49(36,37)10-8-44-51(41,42)43;;;;/h1-6,11-13H,7-10H2,(H6,26,27,28,29,30,31,32,33,38,39,40,41,42,43);;;;/q;4*+1/p-4. The summed E-state index contributed by atoms with van der Waals surface area (Å²) < 4.78 is 126. The Bertz CT molecular complexity index is 2310. The number of carboxylic acid groups (broad SMARTS) is 1. The van der Waals surface area contributed by atoms with Crippen molar-refractivity contribution in [3.8, 4) is 5.75 Å². The molecule has 0 radical (unpaired) electrons. The smallest absolute Gasteiger partial charge is 0.744 e. The topological polar surface area (TPSA) is 342 Å². The van der Waals surface area contributed by atoms with E-state index in [0.29, 0.717) is 18.1 Å². The number of amidine groups is 1. The minimum atomic E-state index is -5.62. The molecule has 288 valence electrons. The monoisotopic (exact) mass is 962 g/mol. The van der Waals surface area contributed by atoms with Crippen LogP contribution in [0.3, 0.4) is 0 Å². The first-order chi connectivity index (χ1) is 23.7. The van der Waals surface area contributed by atoms with Crippen LogP contribution in [-0.2, 0) is 70.8 Å². The third-order valence-corrected chi connectivity index (χ3v) is 11.6. The second-order valence-corrected chi connectivity index (χ2v) is 17.0. The summed E-state index contributed by atoms with van der Waals surface area (Å²) in [4.78, 5) is 9.17. The Kier molecular flexibility index (Phi) is 25.5. The van der Waals surface area contributed by atoms with Crippen molar-refractivity contribution < 1.29 is 182 Å². The van der Waals surface area contributed by atoms with Gasteiger partial charge >= 0.3 is 112 Å². The van der Waals surface area contributed by atoms with Gasteiger partial charge in [0.15, 0.2) is 31.3 Å². The first-order valence-corrected chi connectivity index (χ1v) is 20.3. The van der Waals surface area contributed by atoms with Crippen LogP contribution in [0.15, 0.2) is 89.5 Å². The molecule has 0 spiro atoms. The average molecular weight is 964 g/mol. The van der Waals surface area contributed by atoms with E-state index in [9.17, 15) is 63.0 Å². The number of hydrogen-bond acceptors (Lipinski definition) is 19. The molecule has 3 rings (SSSR count). The fourth-order valence-corrected chi connectivity index (χ4v) is 7.82. The van der Waals surface area contributed by atoms with E-state index in [1.807, 2.05) is 0 Å². The Balaban J connectivity index is 0. The van der Waals surface area contributed by atoms with Gasteiger partial charge in [-0.3, -0.25) is 9.22 Å². The number of sulfone groups is 2. The molecule has 0 amide bonds. The van der Waals surface area contributed by atoms with E-state index in [2.05, 4.69) is 34.3 Å². The Morgan fingerprint density at radius 1 is 0.873 bits per heavy atom. The van der Waals surface area contributed by atoms with Gasteiger partial charge in [-0.2, -0.15) is 4.33 Å². The van der Waals surface area contributed by atoms with Crippen molar-refractivity contribution in [2.45, 2.75) is 19.6 Å². The van der Waals surface area contributed by atoms with Crippen LogP contribution in [0.4, 0.5) is 11.4 Å². The van der Waals surface area contributed by atoms with Crippen LogP contribution >= 0.6 is 23.6 Å². The molecule has 21 nitrogen and oxygen atoms in total. The van der Waals surface area contributed by atoms with E-state index in [4.69, 9.17) is 11.6 Å². The van der Waals surface area contributed by atoms with Crippen LogP contribution < -0.4 is 93.9 Å². The zero-order valence-corrected chi connectivity index (χ0v) is 39.8. The van der Waals surface area contributed by atoms with Crippen molar-refractivity contribution in [1.82, 2.24) is 0 Å². The summed E-state index contributed by atoms with van der Waals surface area (Å²) in [6, 6.07) is 8.58. The van der Waals surface area contributed by atoms with Crippen LogP contribution in [0, 0.1) is 0 Å². The number of azo groups is 1. The Morgan fingerprint density at radius 3 is 2.00 bits per heavy atom. The quantitative estimate of drug-likeness (QED) is 0.0121. The number of carbonyl (C=O) groups is 1. The molecule has 0 saturated carbocycles. The van der Waals surface area contributed by atoms with E-state index in [1.54, 1.807) is 0 Å². The van der Waals surface area contributed by atoms with Gasteiger partial charge in [0, 0.05) is 21.9 Å². The van der Waals surface area contributed by atoms with Crippen LogP contribution in [0.2, 0.25) is 0 Å². The van der Waals surface area contributed by atoms with Gasteiger partial charge in [-0.15, -0.1) is 27.5 Å². The van der Waals surface area contributed by atoms with E-state index < -0.39 is 96.9 Å². The number of phenols is 1. The number of rotatable bonds is 17. The molecule has 3 aromatic carbocycles. The molecule has 3 aromatic rings.